The summed E-state index contributed by atoms with van der Waals surface area (Å²) in [6.45, 7) is 22.0. The van der Waals surface area contributed by atoms with Gasteiger partial charge in [0.25, 0.3) is 0 Å². The predicted molar refractivity (Wildman–Crippen MR) is 87.3 cm³/mol. The van der Waals surface area contributed by atoms with Gasteiger partial charge in [-0.3, -0.25) is 0 Å². The molecule has 0 saturated heterocycles. The highest BCUT2D eigenvalue weighted by molar-refractivity contribution is 4.91. The van der Waals surface area contributed by atoms with Crippen LogP contribution in [0.2, 0.25) is 0 Å². The highest BCUT2D eigenvalue weighted by atomic mass is 14.5. The quantitative estimate of drug-likeness (QED) is 0.532. The molecule has 0 heteroatoms. The van der Waals surface area contributed by atoms with Gasteiger partial charge in [-0.25, -0.2) is 0 Å². The van der Waals surface area contributed by atoms with Crippen molar-refractivity contribution in [1.29, 1.82) is 0 Å². The second-order valence-corrected chi connectivity index (χ2v) is 10.2. The fourth-order valence-electron chi connectivity index (χ4n) is 4.75. The minimum absolute atomic E-state index is 0.448. The van der Waals surface area contributed by atoms with Crippen molar-refractivity contribution in [2.24, 2.45) is 34.0 Å². The molecular formula is C19H38. The molecule has 0 aromatic rings. The average Bonchev–Trinajstić information content (AvgIpc) is 2.11. The molecular weight excluding hydrogens is 228 g/mol. The van der Waals surface area contributed by atoms with Crippen molar-refractivity contribution in [2.75, 3.05) is 0 Å². The van der Waals surface area contributed by atoms with E-state index in [9.17, 15) is 0 Å². The van der Waals surface area contributed by atoms with Gasteiger partial charge in [0.15, 0.2) is 0 Å². The van der Waals surface area contributed by atoms with Gasteiger partial charge in [-0.2, -0.15) is 0 Å². The SMILES string of the molecule is CC1CCC(C(C)(C)CC(C)(C)C)CC1C(C)(C)C. The Morgan fingerprint density at radius 2 is 1.37 bits per heavy atom. The first kappa shape index (κ1) is 17.1. The molecule has 0 N–H and O–H groups in total. The van der Waals surface area contributed by atoms with Gasteiger partial charge in [0, 0.05) is 0 Å². The summed E-state index contributed by atoms with van der Waals surface area (Å²) in [5.74, 6) is 2.71. The summed E-state index contributed by atoms with van der Waals surface area (Å²) in [4.78, 5) is 0. The Kier molecular flexibility index (Phi) is 4.86. The first-order valence-electron chi connectivity index (χ1n) is 8.33. The third-order valence-corrected chi connectivity index (χ3v) is 5.40. The van der Waals surface area contributed by atoms with Crippen LogP contribution < -0.4 is 0 Å². The number of hydrogen-bond donors (Lipinski definition) is 0. The molecule has 0 bridgehead atoms. The van der Waals surface area contributed by atoms with Crippen LogP contribution in [-0.2, 0) is 0 Å². The van der Waals surface area contributed by atoms with E-state index in [-0.39, 0.29) is 0 Å². The van der Waals surface area contributed by atoms with Crippen molar-refractivity contribution in [3.05, 3.63) is 0 Å². The monoisotopic (exact) mass is 266 g/mol. The van der Waals surface area contributed by atoms with E-state index >= 15 is 0 Å². The fourth-order valence-corrected chi connectivity index (χ4v) is 4.75. The molecule has 1 fully saturated rings. The van der Waals surface area contributed by atoms with Crippen LogP contribution in [0.25, 0.3) is 0 Å². The Labute approximate surface area is 122 Å². The van der Waals surface area contributed by atoms with Crippen molar-refractivity contribution in [3.63, 3.8) is 0 Å². The molecule has 114 valence electrons. The van der Waals surface area contributed by atoms with E-state index in [0.29, 0.717) is 16.2 Å². The van der Waals surface area contributed by atoms with E-state index < -0.39 is 0 Å². The van der Waals surface area contributed by atoms with E-state index in [1.54, 1.807) is 0 Å². The minimum Gasteiger partial charge on any atom is -0.0622 e. The normalized spacial score (nSPS) is 30.5. The Morgan fingerprint density at radius 3 is 1.79 bits per heavy atom. The molecule has 3 atom stereocenters. The second kappa shape index (κ2) is 5.41. The van der Waals surface area contributed by atoms with Gasteiger partial charge in [0.1, 0.15) is 0 Å². The summed E-state index contributed by atoms with van der Waals surface area (Å²) in [6.07, 6.45) is 5.65. The molecule has 0 amide bonds. The summed E-state index contributed by atoms with van der Waals surface area (Å²) < 4.78 is 0. The maximum Gasteiger partial charge on any atom is -0.0321 e. The van der Waals surface area contributed by atoms with E-state index in [2.05, 4.69) is 62.3 Å². The fraction of sp³-hybridized carbons (Fsp3) is 1.00. The van der Waals surface area contributed by atoms with E-state index in [1.165, 1.54) is 25.7 Å². The predicted octanol–water partition coefficient (Wildman–Crippen LogP) is 6.55. The second-order valence-electron chi connectivity index (χ2n) is 10.2. The molecule has 0 heterocycles. The topological polar surface area (TPSA) is 0 Å². The molecule has 0 nitrogen and oxygen atoms in total. The molecule has 0 spiro atoms. The average molecular weight is 267 g/mol. The molecule has 0 aromatic heterocycles. The molecule has 0 radical (unpaired) electrons. The number of hydrogen-bond acceptors (Lipinski definition) is 0. The standard InChI is InChI=1S/C19H38/c1-14-10-11-15(12-16(14)18(5,6)7)19(8,9)13-17(2,3)4/h14-16H,10-13H2,1-9H3. The van der Waals surface area contributed by atoms with Crippen LogP contribution in [0.5, 0.6) is 0 Å². The van der Waals surface area contributed by atoms with Crippen molar-refractivity contribution in [1.82, 2.24) is 0 Å². The summed E-state index contributed by atoms with van der Waals surface area (Å²) >= 11 is 0. The van der Waals surface area contributed by atoms with Gasteiger partial charge in [0.05, 0.1) is 0 Å². The van der Waals surface area contributed by atoms with Gasteiger partial charge < -0.3 is 0 Å². The lowest BCUT2D eigenvalue weighted by atomic mass is 9.57. The smallest absolute Gasteiger partial charge is 0.0321 e. The minimum atomic E-state index is 0.448. The summed E-state index contributed by atoms with van der Waals surface area (Å²) in [6, 6.07) is 0. The van der Waals surface area contributed by atoms with Crippen LogP contribution in [-0.4, -0.2) is 0 Å². The highest BCUT2D eigenvalue weighted by Crippen LogP contribution is 2.51. The molecule has 0 aliphatic heterocycles. The molecule has 1 saturated carbocycles. The lowest BCUT2D eigenvalue weighted by Gasteiger charge is -2.48. The molecule has 1 aliphatic carbocycles. The zero-order chi connectivity index (χ0) is 15.1. The Morgan fingerprint density at radius 1 is 0.842 bits per heavy atom. The van der Waals surface area contributed by atoms with Gasteiger partial charge >= 0.3 is 0 Å². The maximum absolute atomic E-state index is 2.51. The first-order chi connectivity index (χ1) is 8.33. The van der Waals surface area contributed by atoms with Crippen LogP contribution in [0.4, 0.5) is 0 Å². The maximum atomic E-state index is 2.51. The highest BCUT2D eigenvalue weighted by Gasteiger charge is 2.41. The summed E-state index contributed by atoms with van der Waals surface area (Å²) in [5.41, 5.74) is 1.40. The molecule has 3 unspecified atom stereocenters. The molecule has 1 aliphatic rings. The van der Waals surface area contributed by atoms with Crippen molar-refractivity contribution in [2.45, 2.75) is 88.0 Å². The lowest BCUT2D eigenvalue weighted by molar-refractivity contribution is 0.0182. The van der Waals surface area contributed by atoms with E-state index in [1.807, 2.05) is 0 Å². The summed E-state index contributed by atoms with van der Waals surface area (Å²) in [7, 11) is 0. The zero-order valence-corrected chi connectivity index (χ0v) is 15.1. The van der Waals surface area contributed by atoms with Crippen molar-refractivity contribution >= 4 is 0 Å². The Balaban J connectivity index is 2.80. The Hall–Kier alpha value is 0. The summed E-state index contributed by atoms with van der Waals surface area (Å²) in [5, 5.41) is 0. The van der Waals surface area contributed by atoms with Crippen molar-refractivity contribution in [3.8, 4) is 0 Å². The van der Waals surface area contributed by atoms with Crippen LogP contribution in [0.1, 0.15) is 88.0 Å². The largest absolute Gasteiger partial charge is 0.0622 e. The van der Waals surface area contributed by atoms with Gasteiger partial charge in [-0.05, 0) is 53.3 Å². The van der Waals surface area contributed by atoms with Crippen LogP contribution >= 0.6 is 0 Å². The van der Waals surface area contributed by atoms with E-state index in [0.717, 1.165) is 17.8 Å². The first-order valence-corrected chi connectivity index (χ1v) is 8.33. The Bertz CT molecular complexity index is 284. The molecule has 1 rings (SSSR count). The van der Waals surface area contributed by atoms with Gasteiger partial charge in [-0.15, -0.1) is 0 Å². The number of rotatable bonds is 2. The van der Waals surface area contributed by atoms with Crippen LogP contribution in [0, 0.1) is 34.0 Å². The third kappa shape index (κ3) is 4.80. The van der Waals surface area contributed by atoms with Gasteiger partial charge in [0.2, 0.25) is 0 Å². The van der Waals surface area contributed by atoms with Crippen molar-refractivity contribution < 1.29 is 0 Å². The van der Waals surface area contributed by atoms with Crippen LogP contribution in [0.3, 0.4) is 0 Å². The van der Waals surface area contributed by atoms with E-state index in [4.69, 9.17) is 0 Å². The third-order valence-electron chi connectivity index (χ3n) is 5.40. The van der Waals surface area contributed by atoms with Gasteiger partial charge in [-0.1, -0.05) is 68.7 Å². The van der Waals surface area contributed by atoms with Crippen LogP contribution in [0.15, 0.2) is 0 Å². The molecule has 0 aromatic carbocycles. The lowest BCUT2D eigenvalue weighted by Crippen LogP contribution is -2.39. The molecule has 19 heavy (non-hydrogen) atoms. The zero-order valence-electron chi connectivity index (χ0n) is 15.1.